The lowest BCUT2D eigenvalue weighted by Crippen LogP contribution is -2.61. The summed E-state index contributed by atoms with van der Waals surface area (Å²) in [6.07, 6.45) is 0. The number of aromatic nitrogens is 1. The fourth-order valence-electron chi connectivity index (χ4n) is 18.3. The zero-order chi connectivity index (χ0) is 77.2. The summed E-state index contributed by atoms with van der Waals surface area (Å²) in [6.45, 7) is 39.9. The number of rotatable bonds is 9. The second kappa shape index (κ2) is 25.8. The summed E-state index contributed by atoms with van der Waals surface area (Å²) < 4.78 is 2.58. The summed E-state index contributed by atoms with van der Waals surface area (Å²) in [5, 5.41) is 2.53. The monoisotopic (exact) mass is 1440 g/mol. The molecule has 0 saturated heterocycles. The van der Waals surface area contributed by atoms with Crippen molar-refractivity contribution in [2.24, 2.45) is 0 Å². The van der Waals surface area contributed by atoms with E-state index in [2.05, 4.69) is 429 Å². The van der Waals surface area contributed by atoms with E-state index in [1.54, 1.807) is 0 Å². The van der Waals surface area contributed by atoms with Gasteiger partial charge in [-0.2, -0.15) is 0 Å². The standard InChI is InChI=1S/C107H100BN3/c1-102(2,3)74-49-54-92-86(62-74)87-63-75(103(4,5)6)50-55-93(87)109(92)79-51-53-91-95(66-79)111(101-84(69-38-26-20-27-39-69)64-78(106(13,14)15)65-85(101)70-40-28-21-29-41-70)97-60-73(80-43-33-47-89-98(80)83-42-30-31-46-88(83)107(89,16)17)59-96-99(97)108(91)90-52-48-71(72-56-76(104(7,8)9)61-77(57-72)105(10,11)12)58-94(90)110(96)100-81(67-34-22-18-23-35-67)44-32-45-82(100)68-36-24-19-25-37-68/h18-66H,1-17H3. The fourth-order valence-corrected chi connectivity index (χ4v) is 18.3. The third kappa shape index (κ3) is 11.9. The Kier molecular flexibility index (Phi) is 16.6. The van der Waals surface area contributed by atoms with E-state index in [0.717, 1.165) is 78.8 Å². The van der Waals surface area contributed by atoms with Gasteiger partial charge in [0, 0.05) is 66.9 Å². The largest absolute Gasteiger partial charge is 0.310 e. The highest BCUT2D eigenvalue weighted by Gasteiger charge is 2.47. The van der Waals surface area contributed by atoms with Gasteiger partial charge < -0.3 is 14.4 Å². The number of para-hydroxylation sites is 1. The lowest BCUT2D eigenvalue weighted by atomic mass is 9.33. The first-order valence-electron chi connectivity index (χ1n) is 40.1. The molecule has 1 aromatic heterocycles. The maximum atomic E-state index is 2.77. The molecule has 2 aliphatic heterocycles. The molecule has 0 unspecified atom stereocenters. The van der Waals surface area contributed by atoms with E-state index in [4.69, 9.17) is 0 Å². The predicted octanol–water partition coefficient (Wildman–Crippen LogP) is 27.7. The van der Waals surface area contributed by atoms with Crippen molar-refractivity contribution in [1.82, 2.24) is 4.57 Å². The Bertz CT molecular complexity index is 6010. The summed E-state index contributed by atoms with van der Waals surface area (Å²) in [5.74, 6) is 0. The van der Waals surface area contributed by atoms with Crippen LogP contribution in [0.25, 0.3) is 105 Å². The van der Waals surface area contributed by atoms with Crippen molar-refractivity contribution < 1.29 is 0 Å². The minimum atomic E-state index is -0.267. The van der Waals surface area contributed by atoms with Crippen LogP contribution >= 0.6 is 0 Å². The van der Waals surface area contributed by atoms with Crippen LogP contribution in [-0.2, 0) is 32.5 Å². The van der Waals surface area contributed by atoms with Gasteiger partial charge in [-0.1, -0.05) is 348 Å². The van der Waals surface area contributed by atoms with Crippen LogP contribution in [0.1, 0.15) is 157 Å². The van der Waals surface area contributed by atoms with Gasteiger partial charge in [0.05, 0.1) is 22.4 Å². The highest BCUT2D eigenvalue weighted by molar-refractivity contribution is 7.00. The molecule has 15 aromatic rings. The molecule has 0 fully saturated rings. The lowest BCUT2D eigenvalue weighted by molar-refractivity contribution is 0.569. The quantitative estimate of drug-likeness (QED) is 0.133. The first kappa shape index (κ1) is 71.2. The van der Waals surface area contributed by atoms with Crippen molar-refractivity contribution in [2.75, 3.05) is 9.80 Å². The molecule has 3 heterocycles. The highest BCUT2D eigenvalue weighted by Crippen LogP contribution is 2.58. The van der Waals surface area contributed by atoms with Gasteiger partial charge >= 0.3 is 0 Å². The summed E-state index contributed by atoms with van der Waals surface area (Å²) in [6, 6.07) is 116. The third-order valence-electron chi connectivity index (χ3n) is 24.5. The van der Waals surface area contributed by atoms with E-state index in [-0.39, 0.29) is 39.2 Å². The second-order valence-corrected chi connectivity index (χ2v) is 37.4. The summed E-state index contributed by atoms with van der Waals surface area (Å²) in [5.41, 5.74) is 39.0. The van der Waals surface area contributed by atoms with Gasteiger partial charge in [-0.25, -0.2) is 0 Å². The molecule has 0 amide bonds. The number of benzene rings is 14. The first-order valence-corrected chi connectivity index (χ1v) is 40.1. The van der Waals surface area contributed by atoms with Gasteiger partial charge in [0.2, 0.25) is 0 Å². The van der Waals surface area contributed by atoms with E-state index in [1.165, 1.54) is 116 Å². The lowest BCUT2D eigenvalue weighted by Gasteiger charge is -2.46. The number of hydrogen-bond donors (Lipinski definition) is 0. The summed E-state index contributed by atoms with van der Waals surface area (Å²) in [4.78, 5) is 5.51. The van der Waals surface area contributed by atoms with Gasteiger partial charge in [0.1, 0.15) is 0 Å². The fraction of sp³-hybridized carbons (Fsp3) is 0.215. The molecular formula is C107H100BN3. The van der Waals surface area contributed by atoms with Crippen LogP contribution in [0, 0.1) is 0 Å². The third-order valence-corrected chi connectivity index (χ3v) is 24.5. The smallest absolute Gasteiger partial charge is 0.252 e. The van der Waals surface area contributed by atoms with Crippen molar-refractivity contribution in [2.45, 2.75) is 150 Å². The van der Waals surface area contributed by atoms with Gasteiger partial charge in [-0.3, -0.25) is 0 Å². The first-order chi connectivity index (χ1) is 53.0. The molecule has 14 aromatic carbocycles. The van der Waals surface area contributed by atoms with Crippen molar-refractivity contribution >= 4 is 79.0 Å². The predicted molar refractivity (Wildman–Crippen MR) is 478 cm³/mol. The minimum absolute atomic E-state index is 0.0677. The van der Waals surface area contributed by atoms with Crippen LogP contribution in [0.4, 0.5) is 34.1 Å². The molecule has 0 saturated carbocycles. The Morgan fingerprint density at radius 1 is 0.261 bits per heavy atom. The Balaban J connectivity index is 1.05. The van der Waals surface area contributed by atoms with Crippen molar-refractivity contribution in [1.29, 1.82) is 0 Å². The Morgan fingerprint density at radius 3 is 1.14 bits per heavy atom. The highest BCUT2D eigenvalue weighted by atomic mass is 15.2. The maximum absolute atomic E-state index is 2.77. The van der Waals surface area contributed by atoms with Gasteiger partial charge in [0.25, 0.3) is 6.71 Å². The molecule has 546 valence electrons. The Hall–Kier alpha value is -11.5. The van der Waals surface area contributed by atoms with Gasteiger partial charge in [0.15, 0.2) is 0 Å². The van der Waals surface area contributed by atoms with Crippen molar-refractivity contribution in [3.63, 3.8) is 0 Å². The zero-order valence-corrected chi connectivity index (χ0v) is 67.7. The molecule has 111 heavy (non-hydrogen) atoms. The molecule has 0 spiro atoms. The van der Waals surface area contributed by atoms with E-state index >= 15 is 0 Å². The molecule has 18 rings (SSSR count). The van der Waals surface area contributed by atoms with Crippen LogP contribution in [-0.4, -0.2) is 11.3 Å². The molecule has 0 N–H and O–H groups in total. The van der Waals surface area contributed by atoms with Gasteiger partial charge in [-0.15, -0.1) is 0 Å². The number of hydrogen-bond acceptors (Lipinski definition) is 2. The molecule has 0 radical (unpaired) electrons. The van der Waals surface area contributed by atoms with Crippen LogP contribution in [0.3, 0.4) is 0 Å². The Morgan fingerprint density at radius 2 is 0.649 bits per heavy atom. The molecule has 1 aliphatic carbocycles. The molecule has 3 nitrogen and oxygen atoms in total. The number of anilines is 6. The van der Waals surface area contributed by atoms with E-state index in [0.29, 0.717) is 0 Å². The molecule has 4 heteroatoms. The maximum Gasteiger partial charge on any atom is 0.252 e. The molecule has 0 bridgehead atoms. The minimum Gasteiger partial charge on any atom is -0.310 e. The summed E-state index contributed by atoms with van der Waals surface area (Å²) >= 11 is 0. The van der Waals surface area contributed by atoms with Crippen LogP contribution in [0.15, 0.2) is 297 Å². The van der Waals surface area contributed by atoms with E-state index < -0.39 is 0 Å². The van der Waals surface area contributed by atoms with Crippen LogP contribution in [0.5, 0.6) is 0 Å². The molecule has 0 atom stereocenters. The van der Waals surface area contributed by atoms with E-state index in [1.807, 2.05) is 0 Å². The Labute approximate surface area is 659 Å². The SMILES string of the molecule is CC(C)(C)c1cc(-c2ccc3c(c2)N(c2c(-c4ccccc4)cccc2-c2ccccc2)c2cc(-c4cccc5c4-c4ccccc4C5(C)C)cc4c2B3c2ccc(-n3c5ccc(C(C)(C)C)cc5c5cc(C(C)(C)C)ccc53)cc2N4c2c(-c3ccccc3)cc(C(C)(C)C)cc2-c2ccccc2)cc(C(C)(C)C)c1. The number of fused-ring (bicyclic) bond motifs is 10. The van der Waals surface area contributed by atoms with Crippen LogP contribution in [0.2, 0.25) is 0 Å². The molecular weight excluding hydrogens is 1340 g/mol. The van der Waals surface area contributed by atoms with Crippen molar-refractivity contribution in [3.05, 3.63) is 336 Å². The topological polar surface area (TPSA) is 11.4 Å². The van der Waals surface area contributed by atoms with Gasteiger partial charge in [-0.05, 0) is 205 Å². The van der Waals surface area contributed by atoms with Crippen LogP contribution < -0.4 is 26.2 Å². The summed E-state index contributed by atoms with van der Waals surface area (Å²) in [7, 11) is 0. The zero-order valence-electron chi connectivity index (χ0n) is 67.7. The number of nitrogens with zero attached hydrogens (tertiary/aromatic N) is 3. The van der Waals surface area contributed by atoms with E-state index in [9.17, 15) is 0 Å². The van der Waals surface area contributed by atoms with Crippen molar-refractivity contribution in [3.8, 4) is 83.6 Å². The second-order valence-electron chi connectivity index (χ2n) is 37.4. The normalized spacial score (nSPS) is 13.8. The average Bonchev–Trinajstić information content (AvgIpc) is 1.61. The average molecular weight is 1440 g/mol. The molecule has 3 aliphatic rings.